The molecule has 1 N–H and O–H groups in total. The van der Waals surface area contributed by atoms with Crippen molar-refractivity contribution in [1.82, 2.24) is 0 Å². The summed E-state index contributed by atoms with van der Waals surface area (Å²) >= 11 is 1.96. The van der Waals surface area contributed by atoms with Gasteiger partial charge in [-0.25, -0.2) is 17.6 Å². The second-order valence-corrected chi connectivity index (χ2v) is 6.98. The molecule has 0 aliphatic heterocycles. The number of carbonyl (C=O) groups is 5. The van der Waals surface area contributed by atoms with E-state index in [1.54, 1.807) is 13.8 Å². The molecular formula is C20H28F4IKO9. The summed E-state index contributed by atoms with van der Waals surface area (Å²) in [6.07, 6.45) is -5.93. The predicted molar refractivity (Wildman–Crippen MR) is 115 cm³/mol. The van der Waals surface area contributed by atoms with Gasteiger partial charge in [0, 0.05) is 1.37 Å². The Kier molecular flexibility index (Phi) is 20.7. The van der Waals surface area contributed by atoms with Crippen molar-refractivity contribution in [2.75, 3.05) is 18.1 Å². The van der Waals surface area contributed by atoms with Crippen molar-refractivity contribution < 1.29 is 114 Å². The van der Waals surface area contributed by atoms with Gasteiger partial charge in [-0.2, -0.15) is 0 Å². The van der Waals surface area contributed by atoms with E-state index in [-0.39, 0.29) is 90.3 Å². The minimum atomic E-state index is -2.70. The molecule has 0 amide bonds. The number of rotatable bonds is 10. The zero-order valence-corrected chi connectivity index (χ0v) is 24.9. The number of ketones is 1. The minimum Gasteiger partial charge on any atom is -0.550 e. The van der Waals surface area contributed by atoms with Crippen LogP contribution in [-0.4, -0.2) is 65.7 Å². The number of carboxylic acid groups (broad SMARTS) is 2. The summed E-state index contributed by atoms with van der Waals surface area (Å²) in [5.74, 6) is -4.93. The first-order chi connectivity index (χ1) is 16.2. The summed E-state index contributed by atoms with van der Waals surface area (Å²) in [5, 5.41) is 17.9. The third-order valence-corrected chi connectivity index (χ3v) is 4.60. The zero-order chi connectivity index (χ0) is 27.8. The van der Waals surface area contributed by atoms with Crippen molar-refractivity contribution >= 4 is 52.3 Å². The van der Waals surface area contributed by atoms with Crippen LogP contribution in [0.3, 0.4) is 0 Å². The molecule has 0 saturated heterocycles. The van der Waals surface area contributed by atoms with E-state index < -0.39 is 66.2 Å². The first-order valence-electron chi connectivity index (χ1n) is 10.6. The fraction of sp³-hybridized carbons (Fsp3) is 0.750. The van der Waals surface area contributed by atoms with Crippen LogP contribution in [0.4, 0.5) is 17.6 Å². The normalized spacial score (nSPS) is 15.6. The number of ether oxygens (including phenoxy) is 2. The van der Waals surface area contributed by atoms with Gasteiger partial charge in [0.25, 0.3) is 12.9 Å². The Labute approximate surface area is 258 Å². The summed E-state index contributed by atoms with van der Waals surface area (Å²) in [6, 6.07) is 0. The smallest absolute Gasteiger partial charge is 0.550 e. The second-order valence-electron chi connectivity index (χ2n) is 6.98. The molecule has 9 nitrogen and oxygen atoms in total. The fourth-order valence-electron chi connectivity index (χ4n) is 2.26. The third kappa shape index (κ3) is 14.8. The molecule has 0 aromatic rings. The fourth-order valence-corrected chi connectivity index (χ4v) is 2.26. The quantitative estimate of drug-likeness (QED) is 0.0816. The van der Waals surface area contributed by atoms with Gasteiger partial charge >= 0.3 is 69.3 Å². The van der Waals surface area contributed by atoms with Crippen molar-refractivity contribution in [3.8, 4) is 0 Å². The Bertz CT molecular complexity index is 721. The van der Waals surface area contributed by atoms with Gasteiger partial charge in [-0.05, 0) is 44.4 Å². The van der Waals surface area contributed by atoms with E-state index in [1.165, 1.54) is 0 Å². The zero-order valence-electron chi connectivity index (χ0n) is 20.6. The molecule has 2 fully saturated rings. The molecule has 2 rings (SSSR count). The Morgan fingerprint density at radius 3 is 1.46 bits per heavy atom. The number of aliphatic carboxylic acids is 2. The van der Waals surface area contributed by atoms with E-state index in [9.17, 15) is 46.6 Å². The molecule has 0 bridgehead atoms. The molecule has 198 valence electrons. The summed E-state index contributed by atoms with van der Waals surface area (Å²) < 4.78 is 63.3. The van der Waals surface area contributed by atoms with Crippen molar-refractivity contribution in [2.45, 2.75) is 65.2 Å². The van der Waals surface area contributed by atoms with Crippen LogP contribution in [0.5, 0.6) is 0 Å². The van der Waals surface area contributed by atoms with Gasteiger partial charge in [-0.1, -0.05) is 22.6 Å². The number of esters is 2. The SMILES string of the molecule is CCOC(=O)CC(=O)C1(C(F)F)CC1.CCOC(=O)CC(=O)[O-].O=C(O)C1(C(F)F)CC1.[2H]CI.[K+]. The Balaban J connectivity index is -0.000000438. The van der Waals surface area contributed by atoms with E-state index in [4.69, 9.17) is 6.48 Å². The average Bonchev–Trinajstić information content (AvgIpc) is 3.63. The summed E-state index contributed by atoms with van der Waals surface area (Å²) in [6.45, 7) is 3.56. The first kappa shape index (κ1) is 36.8. The van der Waals surface area contributed by atoms with Crippen molar-refractivity contribution in [3.63, 3.8) is 0 Å². The van der Waals surface area contributed by atoms with Gasteiger partial charge in [-0.3, -0.25) is 19.2 Å². The molecule has 0 aromatic carbocycles. The number of alkyl halides is 5. The molecule has 2 aliphatic carbocycles. The van der Waals surface area contributed by atoms with Crippen LogP contribution in [0.15, 0.2) is 0 Å². The number of hydrogen-bond acceptors (Lipinski definition) is 8. The number of Topliss-reactive ketones (excluding diaryl/α,β-unsaturated/α-hetero) is 1. The van der Waals surface area contributed by atoms with Gasteiger partial charge in [0.2, 0.25) is 0 Å². The summed E-state index contributed by atoms with van der Waals surface area (Å²) in [4.78, 5) is 52.5. The molecule has 0 unspecified atom stereocenters. The van der Waals surface area contributed by atoms with Crippen LogP contribution in [-0.2, 0) is 33.4 Å². The summed E-state index contributed by atoms with van der Waals surface area (Å²) in [7, 11) is 0. The molecule has 15 heteroatoms. The number of carboxylic acids is 2. The molecular weight excluding hydrogens is 626 g/mol. The summed E-state index contributed by atoms with van der Waals surface area (Å²) in [5.41, 5.74) is -3.20. The van der Waals surface area contributed by atoms with Crippen LogP contribution in [0, 0.1) is 10.8 Å². The molecule has 0 heterocycles. The number of halogens is 5. The van der Waals surface area contributed by atoms with E-state index >= 15 is 0 Å². The standard InChI is InChI=1S/C9H12F2O3.C5H6F2O2.C5H8O4.CH3I.K/c1-2-14-7(13)5-6(12)9(3-4-9)8(10)11;6-3(7)5(1-2-5)4(8)9;1-2-9-5(8)3-4(6)7;1-2;/h8H,2-5H2,1H3;3H,1-2H2,(H,8,9);2-3H2,1H3,(H,6,7);1H3;/q;;;;+1/p-1/i;;;1D;. The monoisotopic (exact) mass is 655 g/mol. The van der Waals surface area contributed by atoms with Crippen LogP contribution in [0.2, 0.25) is 0 Å². The van der Waals surface area contributed by atoms with Crippen LogP contribution >= 0.6 is 22.6 Å². The van der Waals surface area contributed by atoms with Gasteiger partial charge in [0.1, 0.15) is 11.8 Å². The van der Waals surface area contributed by atoms with Crippen molar-refractivity contribution in [3.05, 3.63) is 0 Å². The van der Waals surface area contributed by atoms with Gasteiger partial charge in [-0.15, -0.1) is 0 Å². The minimum absolute atomic E-state index is 0. The van der Waals surface area contributed by atoms with Crippen molar-refractivity contribution in [1.29, 1.82) is 0 Å². The second kappa shape index (κ2) is 19.7. The molecule has 2 aliphatic rings. The average molecular weight is 655 g/mol. The third-order valence-electron chi connectivity index (χ3n) is 4.60. The van der Waals surface area contributed by atoms with E-state index in [0.29, 0.717) is 4.91 Å². The van der Waals surface area contributed by atoms with Crippen LogP contribution < -0.4 is 56.5 Å². The molecule has 0 spiro atoms. The molecule has 0 aromatic heterocycles. The predicted octanol–water partition coefficient (Wildman–Crippen LogP) is -0.585. The Hall–Kier alpha value is -0.364. The van der Waals surface area contributed by atoms with Crippen LogP contribution in [0.25, 0.3) is 0 Å². The molecule has 2 saturated carbocycles. The maximum Gasteiger partial charge on any atom is 1.00 e. The molecule has 0 atom stereocenters. The van der Waals surface area contributed by atoms with E-state index in [1.807, 2.05) is 22.6 Å². The molecule has 0 radical (unpaired) electrons. The van der Waals surface area contributed by atoms with Gasteiger partial charge < -0.3 is 24.5 Å². The number of carbonyl (C=O) groups excluding carboxylic acids is 4. The first-order valence-corrected chi connectivity index (χ1v) is 11.4. The topological polar surface area (TPSA) is 147 Å². The van der Waals surface area contributed by atoms with E-state index in [0.717, 1.165) is 0 Å². The molecule has 35 heavy (non-hydrogen) atoms. The maximum absolute atomic E-state index is 12.4. The van der Waals surface area contributed by atoms with Crippen LogP contribution in [0.1, 0.15) is 53.7 Å². The largest absolute Gasteiger partial charge is 1.00 e. The number of hydrogen-bond donors (Lipinski definition) is 1. The Morgan fingerprint density at radius 1 is 0.914 bits per heavy atom. The van der Waals surface area contributed by atoms with Crippen molar-refractivity contribution in [2.24, 2.45) is 10.8 Å². The van der Waals surface area contributed by atoms with Gasteiger partial charge in [0.05, 0.1) is 31.0 Å². The van der Waals surface area contributed by atoms with E-state index in [2.05, 4.69) is 9.47 Å². The Morgan fingerprint density at radius 2 is 1.26 bits per heavy atom. The maximum atomic E-state index is 12.4. The van der Waals surface area contributed by atoms with Gasteiger partial charge in [0.15, 0.2) is 5.78 Å².